The number of carbonyl (C=O) groups excluding carboxylic acids is 1. The maximum atomic E-state index is 12.7. The predicted octanol–water partition coefficient (Wildman–Crippen LogP) is 2.56. The van der Waals surface area contributed by atoms with E-state index >= 15 is 0 Å². The summed E-state index contributed by atoms with van der Waals surface area (Å²) in [7, 11) is 1.88. The number of rotatable bonds is 5. The summed E-state index contributed by atoms with van der Waals surface area (Å²) in [5, 5.41) is 4.34. The third-order valence-electron chi connectivity index (χ3n) is 3.57. The van der Waals surface area contributed by atoms with Gasteiger partial charge in [0.2, 0.25) is 0 Å². The van der Waals surface area contributed by atoms with Crippen molar-refractivity contribution in [3.05, 3.63) is 71.7 Å². The number of aromatic nitrogens is 3. The van der Waals surface area contributed by atoms with Crippen LogP contribution in [0.2, 0.25) is 0 Å². The van der Waals surface area contributed by atoms with Crippen LogP contribution in [0.3, 0.4) is 0 Å². The lowest BCUT2D eigenvalue weighted by Gasteiger charge is -2.21. The molecule has 3 heterocycles. The number of amides is 1. The third kappa shape index (κ3) is 3.48. The zero-order valence-electron chi connectivity index (χ0n) is 13.1. The van der Waals surface area contributed by atoms with Crippen LogP contribution < -0.4 is 0 Å². The second kappa shape index (κ2) is 6.48. The molecule has 0 radical (unpaired) electrons. The number of aryl methyl sites for hydroxylation is 2. The lowest BCUT2D eigenvalue weighted by molar-refractivity contribution is 0.0693. The Bertz CT molecular complexity index is 778. The Morgan fingerprint density at radius 1 is 1.30 bits per heavy atom. The maximum absolute atomic E-state index is 12.7. The molecule has 0 spiro atoms. The molecular weight excluding hydrogens is 292 g/mol. The molecular formula is C17H18N4O2. The molecule has 0 fully saturated rings. The van der Waals surface area contributed by atoms with Crippen molar-refractivity contribution in [3.63, 3.8) is 0 Å². The average Bonchev–Trinajstić information content (AvgIpc) is 3.17. The Labute approximate surface area is 134 Å². The Morgan fingerprint density at radius 2 is 2.17 bits per heavy atom. The highest BCUT2D eigenvalue weighted by atomic mass is 16.3. The normalized spacial score (nSPS) is 10.7. The van der Waals surface area contributed by atoms with Gasteiger partial charge in [-0.25, -0.2) is 0 Å². The van der Waals surface area contributed by atoms with Crippen LogP contribution in [0.25, 0.3) is 0 Å². The summed E-state index contributed by atoms with van der Waals surface area (Å²) in [4.78, 5) is 18.6. The molecule has 0 saturated heterocycles. The Hall–Kier alpha value is -2.89. The van der Waals surface area contributed by atoms with Gasteiger partial charge in [-0.3, -0.25) is 14.5 Å². The van der Waals surface area contributed by atoms with E-state index in [0.717, 1.165) is 17.0 Å². The van der Waals surface area contributed by atoms with E-state index in [0.29, 0.717) is 18.8 Å². The van der Waals surface area contributed by atoms with Crippen LogP contribution in [0.15, 0.2) is 53.4 Å². The molecule has 3 aromatic rings. The molecule has 0 aliphatic heterocycles. The van der Waals surface area contributed by atoms with Crippen LogP contribution in [0.5, 0.6) is 0 Å². The molecule has 0 atom stereocenters. The van der Waals surface area contributed by atoms with Gasteiger partial charge in [0.05, 0.1) is 24.2 Å². The summed E-state index contributed by atoms with van der Waals surface area (Å²) in [5.41, 5.74) is 2.85. The summed E-state index contributed by atoms with van der Waals surface area (Å²) >= 11 is 0. The van der Waals surface area contributed by atoms with Crippen molar-refractivity contribution < 1.29 is 9.21 Å². The van der Waals surface area contributed by atoms with E-state index in [9.17, 15) is 4.79 Å². The largest absolute Gasteiger partial charge is 0.459 e. The first kappa shape index (κ1) is 15.0. The standard InChI is InChI=1S/C17H18N4O2/c1-13-9-15(20(2)19-13)12-21(11-14-5-3-7-18-10-14)17(22)16-6-4-8-23-16/h3-10H,11-12H2,1-2H3. The zero-order valence-corrected chi connectivity index (χ0v) is 13.1. The highest BCUT2D eigenvalue weighted by Gasteiger charge is 2.20. The van der Waals surface area contributed by atoms with E-state index in [-0.39, 0.29) is 5.91 Å². The van der Waals surface area contributed by atoms with E-state index in [4.69, 9.17) is 4.42 Å². The van der Waals surface area contributed by atoms with Crippen molar-refractivity contribution in [3.8, 4) is 0 Å². The molecule has 6 heteroatoms. The molecule has 0 unspecified atom stereocenters. The molecule has 0 aromatic carbocycles. The smallest absolute Gasteiger partial charge is 0.290 e. The molecule has 118 valence electrons. The van der Waals surface area contributed by atoms with Crippen LogP contribution in [0, 0.1) is 6.92 Å². The first-order valence-corrected chi connectivity index (χ1v) is 7.34. The molecule has 3 aromatic heterocycles. The van der Waals surface area contributed by atoms with Gasteiger partial charge in [0.15, 0.2) is 5.76 Å². The summed E-state index contributed by atoms with van der Waals surface area (Å²) in [6.07, 6.45) is 4.98. The molecule has 0 bridgehead atoms. The fourth-order valence-corrected chi connectivity index (χ4v) is 2.48. The number of pyridine rings is 1. The first-order valence-electron chi connectivity index (χ1n) is 7.34. The third-order valence-corrected chi connectivity index (χ3v) is 3.57. The Kier molecular flexibility index (Phi) is 4.23. The quantitative estimate of drug-likeness (QED) is 0.726. The van der Waals surface area contributed by atoms with Gasteiger partial charge in [-0.2, -0.15) is 5.10 Å². The fraction of sp³-hybridized carbons (Fsp3) is 0.235. The average molecular weight is 310 g/mol. The van der Waals surface area contributed by atoms with Crippen LogP contribution in [-0.4, -0.2) is 25.6 Å². The molecule has 0 aliphatic carbocycles. The maximum Gasteiger partial charge on any atom is 0.290 e. The second-order valence-corrected chi connectivity index (χ2v) is 5.40. The van der Waals surface area contributed by atoms with E-state index in [1.54, 1.807) is 34.1 Å². The van der Waals surface area contributed by atoms with Crippen molar-refractivity contribution in [2.75, 3.05) is 0 Å². The van der Waals surface area contributed by atoms with Crippen LogP contribution in [-0.2, 0) is 20.1 Å². The summed E-state index contributed by atoms with van der Waals surface area (Å²) in [6, 6.07) is 9.17. The molecule has 23 heavy (non-hydrogen) atoms. The van der Waals surface area contributed by atoms with Crippen molar-refractivity contribution in [2.45, 2.75) is 20.0 Å². The van der Waals surface area contributed by atoms with Crippen LogP contribution in [0.4, 0.5) is 0 Å². The zero-order chi connectivity index (χ0) is 16.2. The second-order valence-electron chi connectivity index (χ2n) is 5.40. The highest BCUT2D eigenvalue weighted by molar-refractivity contribution is 5.91. The molecule has 1 amide bonds. The van der Waals surface area contributed by atoms with Crippen molar-refractivity contribution in [1.82, 2.24) is 19.7 Å². The van der Waals surface area contributed by atoms with Crippen molar-refractivity contribution >= 4 is 5.91 Å². The number of hydrogen-bond acceptors (Lipinski definition) is 4. The molecule has 0 aliphatic rings. The number of carbonyl (C=O) groups is 1. The van der Waals surface area contributed by atoms with Crippen molar-refractivity contribution in [2.24, 2.45) is 7.05 Å². The Balaban J connectivity index is 1.86. The van der Waals surface area contributed by atoms with E-state index in [1.807, 2.05) is 32.2 Å². The minimum atomic E-state index is -0.155. The van der Waals surface area contributed by atoms with Gasteiger partial charge < -0.3 is 9.32 Å². The molecule has 0 N–H and O–H groups in total. The SMILES string of the molecule is Cc1cc(CN(Cc2cccnc2)C(=O)c2ccco2)n(C)n1. The number of hydrogen-bond donors (Lipinski definition) is 0. The number of nitrogens with zero attached hydrogens (tertiary/aromatic N) is 4. The number of furan rings is 1. The van der Waals surface area contributed by atoms with Gasteiger partial charge in [0.1, 0.15) is 0 Å². The fourth-order valence-electron chi connectivity index (χ4n) is 2.48. The lowest BCUT2D eigenvalue weighted by Crippen LogP contribution is -2.30. The van der Waals surface area contributed by atoms with Crippen LogP contribution >= 0.6 is 0 Å². The Morgan fingerprint density at radius 3 is 2.78 bits per heavy atom. The molecule has 0 saturated carbocycles. The monoisotopic (exact) mass is 310 g/mol. The summed E-state index contributed by atoms with van der Waals surface area (Å²) in [6.45, 7) is 2.84. The van der Waals surface area contributed by atoms with Crippen LogP contribution in [0.1, 0.15) is 27.5 Å². The first-order chi connectivity index (χ1) is 11.1. The minimum absolute atomic E-state index is 0.155. The van der Waals surface area contributed by atoms with E-state index in [2.05, 4.69) is 10.1 Å². The minimum Gasteiger partial charge on any atom is -0.459 e. The molecule has 6 nitrogen and oxygen atoms in total. The predicted molar refractivity (Wildman–Crippen MR) is 84.5 cm³/mol. The van der Waals surface area contributed by atoms with Gasteiger partial charge >= 0.3 is 0 Å². The summed E-state index contributed by atoms with van der Waals surface area (Å²) < 4.78 is 7.05. The van der Waals surface area contributed by atoms with Gasteiger partial charge in [-0.15, -0.1) is 0 Å². The van der Waals surface area contributed by atoms with E-state index in [1.165, 1.54) is 6.26 Å². The lowest BCUT2D eigenvalue weighted by atomic mass is 10.2. The van der Waals surface area contributed by atoms with Gasteiger partial charge in [-0.1, -0.05) is 6.07 Å². The van der Waals surface area contributed by atoms with Gasteiger partial charge in [0.25, 0.3) is 5.91 Å². The van der Waals surface area contributed by atoms with Gasteiger partial charge in [-0.05, 0) is 36.8 Å². The summed E-state index contributed by atoms with van der Waals surface area (Å²) in [5.74, 6) is 0.172. The van der Waals surface area contributed by atoms with Gasteiger partial charge in [0, 0.05) is 26.0 Å². The topological polar surface area (TPSA) is 64.2 Å². The molecule has 3 rings (SSSR count). The van der Waals surface area contributed by atoms with Crippen molar-refractivity contribution in [1.29, 1.82) is 0 Å². The van der Waals surface area contributed by atoms with E-state index < -0.39 is 0 Å². The highest BCUT2D eigenvalue weighted by Crippen LogP contribution is 2.14.